The van der Waals surface area contributed by atoms with Crippen LogP contribution in [0.3, 0.4) is 0 Å². The Morgan fingerprint density at radius 2 is 2.23 bits per heavy atom. The molecule has 0 spiro atoms. The van der Waals surface area contributed by atoms with Gasteiger partial charge >= 0.3 is 0 Å². The number of carbonyl (C=O) groups excluding carboxylic acids is 1. The molecule has 1 aliphatic heterocycles. The second-order valence-electron chi connectivity index (χ2n) is 5.33. The van der Waals surface area contributed by atoms with E-state index in [0.29, 0.717) is 23.8 Å². The fourth-order valence-electron chi connectivity index (χ4n) is 2.76. The number of nitrogens with zero attached hydrogens (tertiary/aromatic N) is 2. The summed E-state index contributed by atoms with van der Waals surface area (Å²) in [6.45, 7) is 2.32. The van der Waals surface area contributed by atoms with E-state index >= 15 is 0 Å². The standard InChI is InChI=1S/C16H18ClN3O2/c17-15-10-13(22-19-15)6-7-16(21)20-9-8-18-11-14(20)12-4-2-1-3-5-12/h1-5,10,14,18H,6-9,11H2. The molecule has 2 heterocycles. The van der Waals surface area contributed by atoms with Crippen LogP contribution in [-0.2, 0) is 11.2 Å². The molecule has 1 N–H and O–H groups in total. The number of amides is 1. The first-order valence-corrected chi connectivity index (χ1v) is 7.78. The minimum Gasteiger partial charge on any atom is -0.360 e. The van der Waals surface area contributed by atoms with Gasteiger partial charge in [-0.2, -0.15) is 0 Å². The number of carbonyl (C=O) groups is 1. The number of aromatic nitrogens is 1. The molecule has 22 heavy (non-hydrogen) atoms. The van der Waals surface area contributed by atoms with Crippen molar-refractivity contribution < 1.29 is 9.32 Å². The van der Waals surface area contributed by atoms with Crippen LogP contribution in [0.15, 0.2) is 40.9 Å². The van der Waals surface area contributed by atoms with Crippen LogP contribution in [-0.4, -0.2) is 35.6 Å². The number of rotatable bonds is 4. The van der Waals surface area contributed by atoms with Gasteiger partial charge in [0, 0.05) is 38.5 Å². The van der Waals surface area contributed by atoms with E-state index in [1.807, 2.05) is 23.1 Å². The molecule has 3 rings (SSSR count). The minimum atomic E-state index is 0.0840. The van der Waals surface area contributed by atoms with Crippen LogP contribution in [0, 0.1) is 0 Å². The van der Waals surface area contributed by atoms with Gasteiger partial charge in [0.25, 0.3) is 0 Å². The largest absolute Gasteiger partial charge is 0.360 e. The molecule has 2 aromatic rings. The van der Waals surface area contributed by atoms with Crippen molar-refractivity contribution in [2.45, 2.75) is 18.9 Å². The van der Waals surface area contributed by atoms with Gasteiger partial charge < -0.3 is 14.7 Å². The quantitative estimate of drug-likeness (QED) is 0.940. The maximum Gasteiger partial charge on any atom is 0.223 e. The Morgan fingerprint density at radius 3 is 2.95 bits per heavy atom. The Kier molecular flexibility index (Phi) is 4.75. The van der Waals surface area contributed by atoms with E-state index in [0.717, 1.165) is 25.2 Å². The Morgan fingerprint density at radius 1 is 1.41 bits per heavy atom. The molecular weight excluding hydrogens is 302 g/mol. The highest BCUT2D eigenvalue weighted by atomic mass is 35.5. The van der Waals surface area contributed by atoms with Crippen molar-refractivity contribution >= 4 is 17.5 Å². The highest BCUT2D eigenvalue weighted by Gasteiger charge is 2.27. The van der Waals surface area contributed by atoms with Gasteiger partial charge in [0.05, 0.1) is 6.04 Å². The predicted molar refractivity (Wildman–Crippen MR) is 83.6 cm³/mol. The highest BCUT2D eigenvalue weighted by Crippen LogP contribution is 2.23. The van der Waals surface area contributed by atoms with Crippen LogP contribution in [0.25, 0.3) is 0 Å². The lowest BCUT2D eigenvalue weighted by atomic mass is 10.0. The SMILES string of the molecule is O=C(CCc1cc(Cl)no1)N1CCNCC1c1ccccc1. The smallest absolute Gasteiger partial charge is 0.223 e. The third-order valence-electron chi connectivity index (χ3n) is 3.86. The zero-order valence-corrected chi connectivity index (χ0v) is 12.9. The molecule has 116 valence electrons. The molecule has 5 nitrogen and oxygen atoms in total. The van der Waals surface area contributed by atoms with Crippen molar-refractivity contribution in [3.8, 4) is 0 Å². The van der Waals surface area contributed by atoms with E-state index in [-0.39, 0.29) is 11.9 Å². The summed E-state index contributed by atoms with van der Waals surface area (Å²) in [4.78, 5) is 14.5. The van der Waals surface area contributed by atoms with Crippen LogP contribution in [0.2, 0.25) is 5.15 Å². The lowest BCUT2D eigenvalue weighted by Crippen LogP contribution is -2.48. The molecule has 1 aromatic carbocycles. The number of hydrogen-bond donors (Lipinski definition) is 1. The van der Waals surface area contributed by atoms with Crippen LogP contribution in [0.1, 0.15) is 23.8 Å². The van der Waals surface area contributed by atoms with Crippen molar-refractivity contribution in [2.75, 3.05) is 19.6 Å². The summed E-state index contributed by atoms with van der Waals surface area (Å²) in [5, 5.41) is 7.31. The Hall–Kier alpha value is -1.85. The van der Waals surface area contributed by atoms with Gasteiger partial charge in [-0.1, -0.05) is 47.1 Å². The third kappa shape index (κ3) is 3.48. The second-order valence-corrected chi connectivity index (χ2v) is 5.72. The van der Waals surface area contributed by atoms with Crippen LogP contribution in [0.5, 0.6) is 0 Å². The Bertz CT molecular complexity index is 629. The molecule has 1 aliphatic rings. The maximum absolute atomic E-state index is 12.6. The molecule has 1 aromatic heterocycles. The summed E-state index contributed by atoms with van der Waals surface area (Å²) < 4.78 is 5.05. The van der Waals surface area contributed by atoms with E-state index in [9.17, 15) is 4.79 Å². The van der Waals surface area contributed by atoms with Crippen LogP contribution in [0.4, 0.5) is 0 Å². The molecule has 0 saturated carbocycles. The van der Waals surface area contributed by atoms with Gasteiger partial charge in [-0.05, 0) is 5.56 Å². The summed E-state index contributed by atoms with van der Waals surface area (Å²) in [7, 11) is 0. The minimum absolute atomic E-state index is 0.0840. The van der Waals surface area contributed by atoms with Gasteiger partial charge in [0.1, 0.15) is 5.76 Å². The fourth-order valence-corrected chi connectivity index (χ4v) is 2.91. The molecule has 1 fully saturated rings. The first kappa shape index (κ1) is 15.1. The number of nitrogens with one attached hydrogen (secondary N) is 1. The van der Waals surface area contributed by atoms with E-state index in [4.69, 9.17) is 16.1 Å². The number of aryl methyl sites for hydroxylation is 1. The Labute approximate surface area is 134 Å². The molecule has 1 atom stereocenters. The fraction of sp³-hybridized carbons (Fsp3) is 0.375. The predicted octanol–water partition coefficient (Wildman–Crippen LogP) is 2.43. The first-order valence-electron chi connectivity index (χ1n) is 7.40. The highest BCUT2D eigenvalue weighted by molar-refractivity contribution is 6.29. The third-order valence-corrected chi connectivity index (χ3v) is 4.04. The summed E-state index contributed by atoms with van der Waals surface area (Å²) >= 11 is 5.72. The summed E-state index contributed by atoms with van der Waals surface area (Å²) in [5.41, 5.74) is 1.16. The van der Waals surface area contributed by atoms with Gasteiger partial charge in [-0.3, -0.25) is 4.79 Å². The van der Waals surface area contributed by atoms with Gasteiger partial charge in [0.2, 0.25) is 5.91 Å². The summed E-state index contributed by atoms with van der Waals surface area (Å²) in [6, 6.07) is 11.9. The Balaban J connectivity index is 1.66. The van der Waals surface area contributed by atoms with E-state index in [2.05, 4.69) is 22.6 Å². The zero-order valence-electron chi connectivity index (χ0n) is 12.2. The van der Waals surface area contributed by atoms with E-state index in [1.54, 1.807) is 6.07 Å². The maximum atomic E-state index is 12.6. The zero-order chi connectivity index (χ0) is 15.4. The summed E-state index contributed by atoms with van der Waals surface area (Å²) in [5.74, 6) is 0.771. The average Bonchev–Trinajstić information content (AvgIpc) is 2.99. The lowest BCUT2D eigenvalue weighted by molar-refractivity contribution is -0.134. The normalized spacial score (nSPS) is 18.4. The average molecular weight is 320 g/mol. The van der Waals surface area contributed by atoms with Crippen molar-refractivity contribution in [1.82, 2.24) is 15.4 Å². The number of hydrogen-bond acceptors (Lipinski definition) is 4. The van der Waals surface area contributed by atoms with Crippen molar-refractivity contribution in [1.29, 1.82) is 0 Å². The topological polar surface area (TPSA) is 58.4 Å². The van der Waals surface area contributed by atoms with E-state index in [1.165, 1.54) is 0 Å². The molecule has 1 unspecified atom stereocenters. The molecule has 1 saturated heterocycles. The monoisotopic (exact) mass is 319 g/mol. The van der Waals surface area contributed by atoms with Gasteiger partial charge in [-0.15, -0.1) is 0 Å². The molecule has 0 bridgehead atoms. The van der Waals surface area contributed by atoms with Crippen molar-refractivity contribution in [3.63, 3.8) is 0 Å². The van der Waals surface area contributed by atoms with Crippen LogP contribution >= 0.6 is 11.6 Å². The lowest BCUT2D eigenvalue weighted by Gasteiger charge is -2.36. The molecule has 6 heteroatoms. The number of benzene rings is 1. The van der Waals surface area contributed by atoms with Gasteiger partial charge in [-0.25, -0.2) is 0 Å². The molecule has 0 aliphatic carbocycles. The molecule has 1 amide bonds. The molecule has 0 radical (unpaired) electrons. The van der Waals surface area contributed by atoms with Gasteiger partial charge in [0.15, 0.2) is 5.15 Å². The molecular formula is C16H18ClN3O2. The van der Waals surface area contributed by atoms with Crippen LogP contribution < -0.4 is 5.32 Å². The first-order chi connectivity index (χ1) is 10.7. The van der Waals surface area contributed by atoms with Crippen molar-refractivity contribution in [3.05, 3.63) is 52.9 Å². The van der Waals surface area contributed by atoms with E-state index < -0.39 is 0 Å². The summed E-state index contributed by atoms with van der Waals surface area (Å²) in [6.07, 6.45) is 0.916. The second kappa shape index (κ2) is 6.94. The number of piperazine rings is 1. The van der Waals surface area contributed by atoms with Crippen molar-refractivity contribution in [2.24, 2.45) is 0 Å². The number of halogens is 1.